The van der Waals surface area contributed by atoms with Crippen LogP contribution in [0, 0.1) is 0 Å². The fourth-order valence-corrected chi connectivity index (χ4v) is 5.77. The summed E-state index contributed by atoms with van der Waals surface area (Å²) >= 11 is 0. The van der Waals surface area contributed by atoms with Gasteiger partial charge in [0, 0.05) is 98.3 Å². The fraction of sp³-hybridized carbons (Fsp3) is 0.323. The molecule has 2 fully saturated rings. The van der Waals surface area contributed by atoms with Crippen molar-refractivity contribution in [3.05, 3.63) is 78.6 Å². The van der Waals surface area contributed by atoms with Crippen LogP contribution in [0.3, 0.4) is 0 Å². The second kappa shape index (κ2) is 11.8. The Labute approximate surface area is 235 Å². The molecule has 1 unspecified atom stereocenters. The van der Waals surface area contributed by atoms with Gasteiger partial charge >= 0.3 is 0 Å². The number of piperazine rings is 1. The minimum Gasteiger partial charge on any atom is -0.366 e. The van der Waals surface area contributed by atoms with Gasteiger partial charge in [0.25, 0.3) is 5.91 Å². The van der Waals surface area contributed by atoms with Crippen LogP contribution in [0.5, 0.6) is 0 Å². The van der Waals surface area contributed by atoms with E-state index in [0.717, 1.165) is 31.0 Å². The van der Waals surface area contributed by atoms with Gasteiger partial charge in [0.15, 0.2) is 0 Å². The van der Waals surface area contributed by atoms with Crippen molar-refractivity contribution in [1.29, 1.82) is 0 Å². The van der Waals surface area contributed by atoms with E-state index in [1.165, 1.54) is 23.0 Å². The summed E-state index contributed by atoms with van der Waals surface area (Å²) in [6, 6.07) is 21.6. The molecule has 2 atom stereocenters. The Morgan fingerprint density at radius 2 is 1.80 bits per heavy atom. The molecule has 2 N–H and O–H groups in total. The molecule has 0 spiro atoms. The molecule has 2 aromatic heterocycles. The number of likely N-dealkylation sites (N-methyl/N-ethyl adjacent to an activating group) is 1. The normalized spacial score (nSPS) is 17.9. The number of likely N-dealkylation sites (tertiary alicyclic amines) is 1. The van der Waals surface area contributed by atoms with E-state index in [0.29, 0.717) is 29.9 Å². The number of carbonyl (C=O) groups is 2. The lowest BCUT2D eigenvalue weighted by Gasteiger charge is -2.35. The molecule has 6 rings (SSSR count). The van der Waals surface area contributed by atoms with Gasteiger partial charge in [0.05, 0.1) is 0 Å². The Bertz CT molecular complexity index is 1480. The van der Waals surface area contributed by atoms with Crippen LogP contribution in [0.15, 0.2) is 73.1 Å². The molecule has 2 aromatic carbocycles. The summed E-state index contributed by atoms with van der Waals surface area (Å²) in [6.45, 7) is 5.58. The maximum Gasteiger partial charge on any atom is 0.256 e. The van der Waals surface area contributed by atoms with Crippen molar-refractivity contribution in [3.63, 3.8) is 0 Å². The van der Waals surface area contributed by atoms with E-state index in [2.05, 4.69) is 84.4 Å². The third-order valence-corrected chi connectivity index (χ3v) is 7.97. The number of pyridine rings is 1. The maximum atomic E-state index is 13.0. The maximum absolute atomic E-state index is 13.0. The number of benzene rings is 2. The van der Waals surface area contributed by atoms with E-state index in [1.807, 2.05) is 38.4 Å². The van der Waals surface area contributed by atoms with Crippen LogP contribution in [-0.2, 0) is 11.8 Å². The smallest absolute Gasteiger partial charge is 0.256 e. The molecule has 9 nitrogen and oxygen atoms in total. The van der Waals surface area contributed by atoms with Gasteiger partial charge in [-0.2, -0.15) is 0 Å². The van der Waals surface area contributed by atoms with Crippen molar-refractivity contribution >= 4 is 46.1 Å². The van der Waals surface area contributed by atoms with E-state index in [-0.39, 0.29) is 5.91 Å². The summed E-state index contributed by atoms with van der Waals surface area (Å²) in [4.78, 5) is 33.6. The summed E-state index contributed by atoms with van der Waals surface area (Å²) in [7, 11) is 5.63. The van der Waals surface area contributed by atoms with Crippen molar-refractivity contribution in [2.75, 3.05) is 48.8 Å². The molecule has 208 valence electrons. The number of hydrogen-bond donors (Lipinski definition) is 2. The van der Waals surface area contributed by atoms with Gasteiger partial charge in [-0.15, -0.1) is 0 Å². The van der Waals surface area contributed by atoms with Crippen LogP contribution in [0.4, 0.5) is 22.9 Å². The largest absolute Gasteiger partial charge is 0.366 e. The van der Waals surface area contributed by atoms with Crippen molar-refractivity contribution in [2.45, 2.75) is 25.4 Å². The molecule has 4 heterocycles. The number of fused-ring (bicyclic) bond motifs is 3. The minimum atomic E-state index is -0.153. The first-order valence-corrected chi connectivity index (χ1v) is 13.7. The van der Waals surface area contributed by atoms with Crippen LogP contribution < -0.4 is 20.4 Å². The highest BCUT2D eigenvalue weighted by atomic mass is 16.1. The highest BCUT2D eigenvalue weighted by Gasteiger charge is 2.42. The molecule has 2 amide bonds. The number of anilines is 4. The second-order valence-corrected chi connectivity index (χ2v) is 10.3. The Balaban J connectivity index is 0.000000758. The van der Waals surface area contributed by atoms with Gasteiger partial charge in [-0.1, -0.05) is 6.92 Å². The van der Waals surface area contributed by atoms with Gasteiger partial charge in [0.1, 0.15) is 5.82 Å². The minimum absolute atomic E-state index is 0.153. The highest BCUT2D eigenvalue weighted by Crippen LogP contribution is 2.34. The Morgan fingerprint density at radius 1 is 1.05 bits per heavy atom. The molecular weight excluding hydrogens is 502 g/mol. The number of carbonyl (C=O) groups excluding carboxylic acids is 2. The lowest BCUT2D eigenvalue weighted by atomic mass is 10.1. The van der Waals surface area contributed by atoms with Crippen LogP contribution in [0.2, 0.25) is 0 Å². The van der Waals surface area contributed by atoms with E-state index < -0.39 is 0 Å². The average Bonchev–Trinajstić information content (AvgIpc) is 3.71. The summed E-state index contributed by atoms with van der Waals surface area (Å²) in [5.74, 6) is 0.380. The highest BCUT2D eigenvalue weighted by molar-refractivity contribution is 6.04. The van der Waals surface area contributed by atoms with Crippen molar-refractivity contribution in [1.82, 2.24) is 19.8 Å². The number of aromatic nitrogens is 2. The summed E-state index contributed by atoms with van der Waals surface area (Å²) in [5.41, 5.74) is 5.06. The first-order chi connectivity index (χ1) is 19.4. The lowest BCUT2D eigenvalue weighted by Crippen LogP contribution is -2.46. The average molecular weight is 540 g/mol. The van der Waals surface area contributed by atoms with E-state index in [1.54, 1.807) is 13.2 Å². The number of rotatable bonds is 7. The molecule has 2 bridgehead atoms. The van der Waals surface area contributed by atoms with E-state index >= 15 is 0 Å². The first kappa shape index (κ1) is 27.2. The second-order valence-electron chi connectivity index (χ2n) is 10.3. The van der Waals surface area contributed by atoms with Gasteiger partial charge in [-0.25, -0.2) is 4.98 Å². The molecule has 40 heavy (non-hydrogen) atoms. The van der Waals surface area contributed by atoms with Crippen LogP contribution >= 0.6 is 0 Å². The quantitative estimate of drug-likeness (QED) is 0.342. The van der Waals surface area contributed by atoms with Crippen LogP contribution in [0.25, 0.3) is 10.9 Å². The van der Waals surface area contributed by atoms with Crippen molar-refractivity contribution in [3.8, 4) is 0 Å². The predicted octanol–water partition coefficient (Wildman–Crippen LogP) is 4.24. The summed E-state index contributed by atoms with van der Waals surface area (Å²) in [6.07, 6.45) is 5.66. The van der Waals surface area contributed by atoms with Gasteiger partial charge in [0.2, 0.25) is 6.41 Å². The fourth-order valence-electron chi connectivity index (χ4n) is 5.77. The third kappa shape index (κ3) is 5.51. The van der Waals surface area contributed by atoms with Gasteiger partial charge in [-0.05, 0) is 67.6 Å². The van der Waals surface area contributed by atoms with Crippen molar-refractivity contribution in [2.24, 2.45) is 7.05 Å². The zero-order valence-corrected chi connectivity index (χ0v) is 23.5. The zero-order chi connectivity index (χ0) is 28.2. The molecule has 9 heteroatoms. The first-order valence-electron chi connectivity index (χ1n) is 13.7. The van der Waals surface area contributed by atoms with E-state index in [9.17, 15) is 4.79 Å². The zero-order valence-electron chi connectivity index (χ0n) is 23.5. The van der Waals surface area contributed by atoms with Gasteiger partial charge in [-0.3, -0.25) is 14.5 Å². The summed E-state index contributed by atoms with van der Waals surface area (Å²) < 4.78 is 2.11. The Kier molecular flexibility index (Phi) is 8.02. The lowest BCUT2D eigenvalue weighted by molar-refractivity contribution is -0.109. The Hall–Kier alpha value is -4.37. The molecule has 2 saturated heterocycles. The Morgan fingerprint density at radius 3 is 2.48 bits per heavy atom. The number of nitrogens with one attached hydrogen (secondary N) is 2. The number of hydrogen-bond acceptors (Lipinski definition) is 6. The predicted molar refractivity (Wildman–Crippen MR) is 162 cm³/mol. The molecule has 2 aliphatic heterocycles. The monoisotopic (exact) mass is 539 g/mol. The van der Waals surface area contributed by atoms with Crippen molar-refractivity contribution < 1.29 is 9.59 Å². The topological polar surface area (TPSA) is 85.7 Å². The molecule has 4 aromatic rings. The standard InChI is InChI=1S/C29H32N6O.C2H5NO/c1-4-34-18-26-16-25(34)19-35(26)22-7-5-20(6-8-22)29(36)31-28-17-24(11-13-30-28)33(3)23-9-10-27-21(15-23)12-14-32(27)2;1-3-2-4/h5-15,17,25-26H,4,16,18-19H2,1-3H3,(H,30,31,36);2H,1H3,(H,3,4)/t25-,26?;/m1./s1. The molecule has 0 aliphatic carbocycles. The third-order valence-electron chi connectivity index (χ3n) is 7.97. The number of nitrogens with zero attached hydrogens (tertiary/aromatic N) is 5. The molecule has 2 aliphatic rings. The summed E-state index contributed by atoms with van der Waals surface area (Å²) in [5, 5.41) is 6.41. The molecule has 0 radical (unpaired) electrons. The molecular formula is C31H37N7O2. The van der Waals surface area contributed by atoms with E-state index in [4.69, 9.17) is 4.79 Å². The van der Waals surface area contributed by atoms with Crippen LogP contribution in [0.1, 0.15) is 23.7 Å². The number of aryl methyl sites for hydroxylation is 1. The molecule has 0 saturated carbocycles. The SMILES string of the molecule is CCN1CC2C[C@@H]1CN2c1ccc(C(=O)Nc2cc(N(C)c3ccc4c(ccn4C)c3)ccn2)cc1.CNC=O. The number of amides is 2. The van der Waals surface area contributed by atoms with Crippen LogP contribution in [-0.4, -0.2) is 72.6 Å². The van der Waals surface area contributed by atoms with Gasteiger partial charge < -0.3 is 25.0 Å².